The van der Waals surface area contributed by atoms with Crippen LogP contribution < -0.4 is 19.5 Å². The zero-order chi connectivity index (χ0) is 16.7. The van der Waals surface area contributed by atoms with Crippen LogP contribution in [-0.4, -0.2) is 26.7 Å². The highest BCUT2D eigenvalue weighted by atomic mass is 16.5. The zero-order valence-electron chi connectivity index (χ0n) is 13.6. The third-order valence-corrected chi connectivity index (χ3v) is 3.34. The molecule has 0 aromatic heterocycles. The highest BCUT2D eigenvalue weighted by Crippen LogP contribution is 2.27. The van der Waals surface area contributed by atoms with Crippen molar-refractivity contribution in [3.8, 4) is 17.2 Å². The van der Waals surface area contributed by atoms with Crippen molar-refractivity contribution in [2.24, 2.45) is 0 Å². The summed E-state index contributed by atoms with van der Waals surface area (Å²) in [6, 6.07) is 12.9. The van der Waals surface area contributed by atoms with Gasteiger partial charge < -0.3 is 19.5 Å². The SMILES string of the molecule is CCc1ccc(NC(=O)COc2cc(OC)cc(OC)c2)cc1. The van der Waals surface area contributed by atoms with Gasteiger partial charge in [-0.05, 0) is 24.1 Å². The third-order valence-electron chi connectivity index (χ3n) is 3.34. The van der Waals surface area contributed by atoms with Crippen molar-refractivity contribution >= 4 is 11.6 Å². The van der Waals surface area contributed by atoms with Crippen molar-refractivity contribution in [1.29, 1.82) is 0 Å². The summed E-state index contributed by atoms with van der Waals surface area (Å²) in [5, 5.41) is 2.79. The number of carbonyl (C=O) groups is 1. The third kappa shape index (κ3) is 4.92. The molecule has 5 heteroatoms. The van der Waals surface area contributed by atoms with Gasteiger partial charge in [0.05, 0.1) is 14.2 Å². The van der Waals surface area contributed by atoms with Gasteiger partial charge in [-0.15, -0.1) is 0 Å². The van der Waals surface area contributed by atoms with E-state index in [0.29, 0.717) is 17.2 Å². The van der Waals surface area contributed by atoms with Crippen molar-refractivity contribution in [1.82, 2.24) is 0 Å². The first-order chi connectivity index (χ1) is 11.1. The van der Waals surface area contributed by atoms with E-state index >= 15 is 0 Å². The van der Waals surface area contributed by atoms with E-state index in [1.54, 1.807) is 32.4 Å². The van der Waals surface area contributed by atoms with Gasteiger partial charge in [-0.25, -0.2) is 0 Å². The maximum absolute atomic E-state index is 12.0. The summed E-state index contributed by atoms with van der Waals surface area (Å²) in [6.45, 7) is 2.00. The van der Waals surface area contributed by atoms with Crippen LogP contribution in [-0.2, 0) is 11.2 Å². The maximum atomic E-state index is 12.0. The normalized spacial score (nSPS) is 10.0. The lowest BCUT2D eigenvalue weighted by Crippen LogP contribution is -2.20. The number of aryl methyl sites for hydroxylation is 1. The lowest BCUT2D eigenvalue weighted by molar-refractivity contribution is -0.118. The van der Waals surface area contributed by atoms with E-state index in [1.807, 2.05) is 24.3 Å². The minimum absolute atomic E-state index is 0.0914. The summed E-state index contributed by atoms with van der Waals surface area (Å²) in [6.07, 6.45) is 0.967. The summed E-state index contributed by atoms with van der Waals surface area (Å²) in [4.78, 5) is 12.0. The first-order valence-electron chi connectivity index (χ1n) is 7.39. The molecule has 0 aliphatic heterocycles. The summed E-state index contributed by atoms with van der Waals surface area (Å²) < 4.78 is 15.8. The van der Waals surface area contributed by atoms with Crippen molar-refractivity contribution in [3.05, 3.63) is 48.0 Å². The molecule has 0 atom stereocenters. The smallest absolute Gasteiger partial charge is 0.262 e. The van der Waals surface area contributed by atoms with Crippen LogP contribution in [0, 0.1) is 0 Å². The Labute approximate surface area is 136 Å². The monoisotopic (exact) mass is 315 g/mol. The highest BCUT2D eigenvalue weighted by molar-refractivity contribution is 5.91. The van der Waals surface area contributed by atoms with Gasteiger partial charge in [0.15, 0.2) is 6.61 Å². The fourth-order valence-electron chi connectivity index (χ4n) is 2.03. The minimum Gasteiger partial charge on any atom is -0.496 e. The van der Waals surface area contributed by atoms with E-state index in [2.05, 4.69) is 12.2 Å². The highest BCUT2D eigenvalue weighted by Gasteiger charge is 2.07. The predicted octanol–water partition coefficient (Wildman–Crippen LogP) is 3.28. The summed E-state index contributed by atoms with van der Waals surface area (Å²) in [5.74, 6) is 1.50. The fraction of sp³-hybridized carbons (Fsp3) is 0.278. The molecule has 0 heterocycles. The molecule has 2 rings (SSSR count). The Hall–Kier alpha value is -2.69. The molecule has 0 aliphatic rings. The molecular formula is C18H21NO4. The Morgan fingerprint density at radius 3 is 2.04 bits per heavy atom. The lowest BCUT2D eigenvalue weighted by atomic mass is 10.1. The molecule has 0 fully saturated rings. The molecule has 23 heavy (non-hydrogen) atoms. The van der Waals surface area contributed by atoms with Gasteiger partial charge in [-0.2, -0.15) is 0 Å². The first-order valence-corrected chi connectivity index (χ1v) is 7.39. The number of anilines is 1. The molecule has 0 saturated carbocycles. The first kappa shape index (κ1) is 16.7. The molecule has 122 valence electrons. The molecular weight excluding hydrogens is 294 g/mol. The Morgan fingerprint density at radius 2 is 1.52 bits per heavy atom. The van der Waals surface area contributed by atoms with E-state index in [0.717, 1.165) is 12.1 Å². The van der Waals surface area contributed by atoms with Gasteiger partial charge in [0.25, 0.3) is 5.91 Å². The zero-order valence-corrected chi connectivity index (χ0v) is 13.6. The number of carbonyl (C=O) groups excluding carboxylic acids is 1. The van der Waals surface area contributed by atoms with Crippen LogP contribution in [0.2, 0.25) is 0 Å². The molecule has 0 bridgehead atoms. The molecule has 2 aromatic carbocycles. The summed E-state index contributed by atoms with van der Waals surface area (Å²) in [7, 11) is 3.12. The number of amides is 1. The van der Waals surface area contributed by atoms with Gasteiger partial charge in [-0.3, -0.25) is 4.79 Å². The average molecular weight is 315 g/mol. The van der Waals surface area contributed by atoms with Crippen molar-refractivity contribution < 1.29 is 19.0 Å². The Balaban J connectivity index is 1.93. The van der Waals surface area contributed by atoms with Crippen molar-refractivity contribution in [2.45, 2.75) is 13.3 Å². The number of hydrogen-bond acceptors (Lipinski definition) is 4. The van der Waals surface area contributed by atoms with E-state index < -0.39 is 0 Å². The van der Waals surface area contributed by atoms with Crippen LogP contribution in [0.15, 0.2) is 42.5 Å². The minimum atomic E-state index is -0.226. The maximum Gasteiger partial charge on any atom is 0.262 e. The second-order valence-electron chi connectivity index (χ2n) is 4.94. The number of methoxy groups -OCH3 is 2. The summed E-state index contributed by atoms with van der Waals surface area (Å²) in [5.41, 5.74) is 1.97. The van der Waals surface area contributed by atoms with E-state index in [9.17, 15) is 4.79 Å². The molecule has 0 saturated heterocycles. The standard InChI is InChI=1S/C18H21NO4/c1-4-13-5-7-14(8-6-13)19-18(20)12-23-17-10-15(21-2)9-16(11-17)22-3/h5-11H,4,12H2,1-3H3,(H,19,20). The number of rotatable bonds is 7. The van der Waals surface area contributed by atoms with Gasteiger partial charge in [0, 0.05) is 23.9 Å². The largest absolute Gasteiger partial charge is 0.496 e. The molecule has 0 radical (unpaired) electrons. The molecule has 0 unspecified atom stereocenters. The fourth-order valence-corrected chi connectivity index (χ4v) is 2.03. The van der Waals surface area contributed by atoms with Gasteiger partial charge in [-0.1, -0.05) is 19.1 Å². The quantitative estimate of drug-likeness (QED) is 0.852. The average Bonchev–Trinajstić information content (AvgIpc) is 2.60. The van der Waals surface area contributed by atoms with E-state index in [4.69, 9.17) is 14.2 Å². The predicted molar refractivity (Wildman–Crippen MR) is 89.5 cm³/mol. The molecule has 2 aromatic rings. The van der Waals surface area contributed by atoms with Crippen molar-refractivity contribution in [2.75, 3.05) is 26.1 Å². The lowest BCUT2D eigenvalue weighted by Gasteiger charge is -2.10. The van der Waals surface area contributed by atoms with Gasteiger partial charge in [0.1, 0.15) is 17.2 Å². The topological polar surface area (TPSA) is 56.8 Å². The molecule has 5 nitrogen and oxygen atoms in total. The van der Waals surface area contributed by atoms with Gasteiger partial charge in [0.2, 0.25) is 0 Å². The molecule has 0 spiro atoms. The van der Waals surface area contributed by atoms with Crippen LogP contribution in [0.4, 0.5) is 5.69 Å². The van der Waals surface area contributed by atoms with Crippen LogP contribution in [0.25, 0.3) is 0 Å². The summed E-state index contributed by atoms with van der Waals surface area (Å²) >= 11 is 0. The van der Waals surface area contributed by atoms with Crippen LogP contribution in [0.5, 0.6) is 17.2 Å². The Kier molecular flexibility index (Phi) is 5.86. The van der Waals surface area contributed by atoms with E-state index in [-0.39, 0.29) is 12.5 Å². The number of hydrogen-bond donors (Lipinski definition) is 1. The van der Waals surface area contributed by atoms with Crippen LogP contribution in [0.1, 0.15) is 12.5 Å². The molecule has 1 N–H and O–H groups in total. The molecule has 1 amide bonds. The van der Waals surface area contributed by atoms with Crippen LogP contribution in [0.3, 0.4) is 0 Å². The number of nitrogens with one attached hydrogen (secondary N) is 1. The Bertz CT molecular complexity index is 630. The number of ether oxygens (including phenoxy) is 3. The van der Waals surface area contributed by atoms with Crippen molar-refractivity contribution in [3.63, 3.8) is 0 Å². The molecule has 0 aliphatic carbocycles. The van der Waals surface area contributed by atoms with E-state index in [1.165, 1.54) is 5.56 Å². The van der Waals surface area contributed by atoms with Crippen LogP contribution >= 0.6 is 0 Å². The second-order valence-corrected chi connectivity index (χ2v) is 4.94. The number of benzene rings is 2. The second kappa shape index (κ2) is 8.08. The Morgan fingerprint density at radius 1 is 0.957 bits per heavy atom. The van der Waals surface area contributed by atoms with Gasteiger partial charge >= 0.3 is 0 Å².